The van der Waals surface area contributed by atoms with Crippen molar-refractivity contribution in [2.75, 3.05) is 12.4 Å². The fourth-order valence-electron chi connectivity index (χ4n) is 4.04. The van der Waals surface area contributed by atoms with E-state index in [4.69, 9.17) is 9.72 Å². The van der Waals surface area contributed by atoms with E-state index in [1.807, 2.05) is 76.2 Å². The van der Waals surface area contributed by atoms with Crippen molar-refractivity contribution in [2.45, 2.75) is 27.7 Å². The topological polar surface area (TPSA) is 51.2 Å². The summed E-state index contributed by atoms with van der Waals surface area (Å²) in [5, 5.41) is 3.93. The third kappa shape index (κ3) is 4.29. The van der Waals surface area contributed by atoms with Crippen molar-refractivity contribution in [3.05, 3.63) is 88.5 Å². The number of aromatic nitrogens is 1. The van der Waals surface area contributed by atoms with E-state index in [-0.39, 0.29) is 5.91 Å². The Morgan fingerprint density at radius 1 is 0.871 bits per heavy atom. The van der Waals surface area contributed by atoms with Gasteiger partial charge in [0.1, 0.15) is 5.75 Å². The molecule has 0 radical (unpaired) electrons. The molecule has 156 valence electrons. The summed E-state index contributed by atoms with van der Waals surface area (Å²) >= 11 is 0. The number of hydrogen-bond donors (Lipinski definition) is 1. The summed E-state index contributed by atoms with van der Waals surface area (Å²) in [7, 11) is 1.64. The normalized spacial score (nSPS) is 10.9. The fraction of sp³-hybridized carbons (Fsp3) is 0.185. The van der Waals surface area contributed by atoms with E-state index in [9.17, 15) is 4.79 Å². The highest BCUT2D eigenvalue weighted by atomic mass is 16.5. The number of carbonyl (C=O) groups excluding carboxylic acids is 1. The zero-order chi connectivity index (χ0) is 22.1. The molecule has 0 aliphatic rings. The second-order valence-corrected chi connectivity index (χ2v) is 8.10. The Hall–Kier alpha value is -3.66. The lowest BCUT2D eigenvalue weighted by Gasteiger charge is -2.14. The number of pyridine rings is 1. The summed E-state index contributed by atoms with van der Waals surface area (Å²) in [4.78, 5) is 18.3. The van der Waals surface area contributed by atoms with Crippen molar-refractivity contribution in [3.8, 4) is 17.0 Å². The standard InChI is InChI=1S/C27H26N2O2/c1-16-9-17(2)12-21(11-16)28-27(30)24-15-25(20-7-6-8-22(14-20)31-5)29-26-19(4)10-18(3)13-23(24)26/h6-15H,1-5H3,(H,28,30). The molecule has 0 saturated carbocycles. The second-order valence-electron chi connectivity index (χ2n) is 8.10. The van der Waals surface area contributed by atoms with E-state index in [0.717, 1.165) is 55.9 Å². The summed E-state index contributed by atoms with van der Waals surface area (Å²) in [5.41, 5.74) is 8.23. The molecule has 0 saturated heterocycles. The Morgan fingerprint density at radius 3 is 2.29 bits per heavy atom. The smallest absolute Gasteiger partial charge is 0.256 e. The molecular formula is C27H26N2O2. The zero-order valence-corrected chi connectivity index (χ0v) is 18.5. The van der Waals surface area contributed by atoms with Crippen LogP contribution in [0.15, 0.2) is 60.7 Å². The molecule has 4 nitrogen and oxygen atoms in total. The molecule has 4 rings (SSSR count). The number of anilines is 1. The van der Waals surface area contributed by atoms with Gasteiger partial charge in [-0.05, 0) is 80.8 Å². The summed E-state index contributed by atoms with van der Waals surface area (Å²) in [6.45, 7) is 8.12. The maximum Gasteiger partial charge on any atom is 0.256 e. The Balaban J connectivity index is 1.88. The van der Waals surface area contributed by atoms with Crippen LogP contribution in [0.3, 0.4) is 0 Å². The molecule has 0 aliphatic carbocycles. The van der Waals surface area contributed by atoms with Crippen LogP contribution < -0.4 is 10.1 Å². The highest BCUT2D eigenvalue weighted by molar-refractivity contribution is 6.13. The van der Waals surface area contributed by atoms with Crippen molar-refractivity contribution in [2.24, 2.45) is 0 Å². The molecule has 1 heterocycles. The first-order valence-corrected chi connectivity index (χ1v) is 10.3. The molecule has 4 aromatic rings. The van der Waals surface area contributed by atoms with Crippen LogP contribution in [0.2, 0.25) is 0 Å². The van der Waals surface area contributed by atoms with Gasteiger partial charge >= 0.3 is 0 Å². The van der Waals surface area contributed by atoms with Gasteiger partial charge in [-0.2, -0.15) is 0 Å². The number of nitrogens with one attached hydrogen (secondary N) is 1. The third-order valence-corrected chi connectivity index (χ3v) is 5.34. The van der Waals surface area contributed by atoms with Gasteiger partial charge in [0.25, 0.3) is 5.91 Å². The van der Waals surface area contributed by atoms with Gasteiger partial charge in [0, 0.05) is 16.6 Å². The summed E-state index contributed by atoms with van der Waals surface area (Å²) in [6, 6.07) is 19.8. The number of ether oxygens (including phenoxy) is 1. The number of benzene rings is 3. The van der Waals surface area contributed by atoms with E-state index in [1.54, 1.807) is 7.11 Å². The minimum atomic E-state index is -0.147. The van der Waals surface area contributed by atoms with Gasteiger partial charge in [0.2, 0.25) is 0 Å². The lowest BCUT2D eigenvalue weighted by atomic mass is 9.99. The number of carbonyl (C=O) groups is 1. The number of methoxy groups -OCH3 is 1. The molecule has 0 bridgehead atoms. The molecule has 1 amide bonds. The molecular weight excluding hydrogens is 384 g/mol. The first kappa shape index (κ1) is 20.6. The van der Waals surface area contributed by atoms with E-state index in [0.29, 0.717) is 5.56 Å². The minimum absolute atomic E-state index is 0.147. The van der Waals surface area contributed by atoms with Crippen molar-refractivity contribution < 1.29 is 9.53 Å². The summed E-state index contributed by atoms with van der Waals surface area (Å²) in [6.07, 6.45) is 0. The minimum Gasteiger partial charge on any atom is -0.497 e. The number of rotatable bonds is 4. The summed E-state index contributed by atoms with van der Waals surface area (Å²) in [5.74, 6) is 0.604. The van der Waals surface area contributed by atoms with Gasteiger partial charge in [-0.25, -0.2) is 4.98 Å². The van der Waals surface area contributed by atoms with Crippen LogP contribution in [0.1, 0.15) is 32.6 Å². The van der Waals surface area contributed by atoms with Gasteiger partial charge in [0.05, 0.1) is 23.9 Å². The van der Waals surface area contributed by atoms with Gasteiger partial charge in [-0.15, -0.1) is 0 Å². The number of nitrogens with zero attached hydrogens (tertiary/aromatic N) is 1. The average molecular weight is 411 g/mol. The number of hydrogen-bond acceptors (Lipinski definition) is 3. The van der Waals surface area contributed by atoms with Crippen molar-refractivity contribution in [1.82, 2.24) is 4.98 Å². The molecule has 0 atom stereocenters. The predicted octanol–water partition coefficient (Wildman–Crippen LogP) is 6.40. The molecule has 0 unspecified atom stereocenters. The van der Waals surface area contributed by atoms with Crippen molar-refractivity contribution in [3.63, 3.8) is 0 Å². The Kier molecular flexibility index (Phi) is 5.47. The Bertz CT molecular complexity index is 1290. The SMILES string of the molecule is COc1cccc(-c2cc(C(=O)Nc3cc(C)cc(C)c3)c3cc(C)cc(C)c3n2)c1. The van der Waals surface area contributed by atoms with E-state index in [2.05, 4.69) is 17.4 Å². The van der Waals surface area contributed by atoms with E-state index in [1.165, 1.54) is 0 Å². The van der Waals surface area contributed by atoms with Gasteiger partial charge in [-0.1, -0.05) is 29.8 Å². The lowest BCUT2D eigenvalue weighted by Crippen LogP contribution is -2.13. The van der Waals surface area contributed by atoms with Gasteiger partial charge in [-0.3, -0.25) is 4.79 Å². The highest BCUT2D eigenvalue weighted by Gasteiger charge is 2.16. The first-order valence-electron chi connectivity index (χ1n) is 10.3. The number of aryl methyl sites for hydroxylation is 4. The molecule has 31 heavy (non-hydrogen) atoms. The molecule has 0 spiro atoms. The monoisotopic (exact) mass is 410 g/mol. The van der Waals surface area contributed by atoms with Gasteiger partial charge < -0.3 is 10.1 Å². The van der Waals surface area contributed by atoms with Gasteiger partial charge in [0.15, 0.2) is 0 Å². The largest absolute Gasteiger partial charge is 0.497 e. The molecule has 0 aliphatic heterocycles. The van der Waals surface area contributed by atoms with Crippen LogP contribution in [0, 0.1) is 27.7 Å². The van der Waals surface area contributed by atoms with Crippen LogP contribution in [0.5, 0.6) is 5.75 Å². The molecule has 4 heteroatoms. The summed E-state index contributed by atoms with van der Waals surface area (Å²) < 4.78 is 5.38. The zero-order valence-electron chi connectivity index (χ0n) is 18.5. The van der Waals surface area contributed by atoms with Crippen LogP contribution in [0.4, 0.5) is 5.69 Å². The lowest BCUT2D eigenvalue weighted by molar-refractivity contribution is 0.102. The number of fused-ring (bicyclic) bond motifs is 1. The maximum absolute atomic E-state index is 13.4. The second kappa shape index (κ2) is 8.23. The maximum atomic E-state index is 13.4. The van der Waals surface area contributed by atoms with Crippen LogP contribution in [-0.4, -0.2) is 18.0 Å². The quantitative estimate of drug-likeness (QED) is 0.424. The molecule has 3 aromatic carbocycles. The average Bonchev–Trinajstić information content (AvgIpc) is 2.72. The van der Waals surface area contributed by atoms with Crippen LogP contribution in [-0.2, 0) is 0 Å². The third-order valence-electron chi connectivity index (χ3n) is 5.34. The Labute approximate surface area is 182 Å². The van der Waals surface area contributed by atoms with Crippen LogP contribution in [0.25, 0.3) is 22.2 Å². The molecule has 1 aromatic heterocycles. The predicted molar refractivity (Wildman–Crippen MR) is 127 cm³/mol. The van der Waals surface area contributed by atoms with E-state index >= 15 is 0 Å². The fourth-order valence-corrected chi connectivity index (χ4v) is 4.04. The van der Waals surface area contributed by atoms with Crippen LogP contribution >= 0.6 is 0 Å². The van der Waals surface area contributed by atoms with Crippen molar-refractivity contribution >= 4 is 22.5 Å². The Morgan fingerprint density at radius 2 is 1.58 bits per heavy atom. The number of amides is 1. The molecule has 1 N–H and O–H groups in total. The molecule has 0 fully saturated rings. The van der Waals surface area contributed by atoms with Crippen molar-refractivity contribution in [1.29, 1.82) is 0 Å². The first-order chi connectivity index (χ1) is 14.8. The highest BCUT2D eigenvalue weighted by Crippen LogP contribution is 2.30. The van der Waals surface area contributed by atoms with E-state index < -0.39 is 0 Å².